The van der Waals surface area contributed by atoms with E-state index >= 15 is 0 Å². The van der Waals surface area contributed by atoms with Gasteiger partial charge in [-0.2, -0.15) is 0 Å². The highest BCUT2D eigenvalue weighted by Gasteiger charge is 2.54. The van der Waals surface area contributed by atoms with Gasteiger partial charge in [-0.05, 0) is 71.8 Å². The fraction of sp³-hybridized carbons (Fsp3) is 0.654. The molecule has 190 valence electrons. The molecule has 1 saturated heterocycles. The summed E-state index contributed by atoms with van der Waals surface area (Å²) in [6.07, 6.45) is 10.9. The first kappa shape index (κ1) is 27.5. The lowest BCUT2D eigenvalue weighted by molar-refractivity contribution is -0.149. The Morgan fingerprint density at radius 3 is 2.56 bits per heavy atom. The molecule has 8 nitrogen and oxygen atoms in total. The number of nitrogens with zero attached hydrogens (tertiary/aromatic N) is 2. The number of hydrogen-bond acceptors (Lipinski definition) is 5. The van der Waals surface area contributed by atoms with Crippen molar-refractivity contribution >= 4 is 17.9 Å². The predicted octanol–water partition coefficient (Wildman–Crippen LogP) is 3.94. The van der Waals surface area contributed by atoms with Crippen LogP contribution in [-0.2, 0) is 19.1 Å². The minimum Gasteiger partial charge on any atom is -0.501 e. The van der Waals surface area contributed by atoms with Crippen molar-refractivity contribution in [3.63, 3.8) is 0 Å². The smallest absolute Gasteiger partial charge is 0.331 e. The number of unbranched alkanes of at least 4 members (excludes halogenated alkanes) is 2. The van der Waals surface area contributed by atoms with Crippen LogP contribution in [0.3, 0.4) is 0 Å². The predicted molar refractivity (Wildman–Crippen MR) is 132 cm³/mol. The zero-order chi connectivity index (χ0) is 25.1. The molecule has 0 aromatic rings. The molecule has 1 heterocycles. The number of carbonyl (C=O) groups excluding carboxylic acids is 3. The topological polar surface area (TPSA) is 88.2 Å². The first-order valence-electron chi connectivity index (χ1n) is 12.3. The fourth-order valence-electron chi connectivity index (χ4n) is 4.06. The molecule has 0 aromatic carbocycles. The number of ether oxygens (including phenoxy) is 2. The van der Waals surface area contributed by atoms with Crippen molar-refractivity contribution in [2.75, 3.05) is 33.4 Å². The van der Waals surface area contributed by atoms with Crippen molar-refractivity contribution in [2.45, 2.75) is 77.3 Å². The summed E-state index contributed by atoms with van der Waals surface area (Å²) in [5.41, 5.74) is 0.104. The van der Waals surface area contributed by atoms with Gasteiger partial charge in [-0.15, -0.1) is 6.58 Å². The van der Waals surface area contributed by atoms with E-state index in [9.17, 15) is 14.4 Å². The summed E-state index contributed by atoms with van der Waals surface area (Å²) < 4.78 is 10.3. The van der Waals surface area contributed by atoms with Crippen LogP contribution in [0.5, 0.6) is 0 Å². The first-order chi connectivity index (χ1) is 16.3. The Morgan fingerprint density at radius 1 is 1.21 bits per heavy atom. The van der Waals surface area contributed by atoms with E-state index < -0.39 is 11.6 Å². The Hall–Kier alpha value is -2.77. The van der Waals surface area contributed by atoms with Gasteiger partial charge >= 0.3 is 12.0 Å². The van der Waals surface area contributed by atoms with E-state index in [2.05, 4.69) is 11.9 Å². The number of allylic oxidation sites excluding steroid dienone is 4. The Morgan fingerprint density at radius 2 is 1.94 bits per heavy atom. The summed E-state index contributed by atoms with van der Waals surface area (Å²) in [6, 6.07) is -0.715. The molecule has 1 aliphatic carbocycles. The Labute approximate surface area is 204 Å². The average molecular weight is 476 g/mol. The molecule has 1 atom stereocenters. The van der Waals surface area contributed by atoms with Gasteiger partial charge in [-0.1, -0.05) is 17.7 Å². The highest BCUT2D eigenvalue weighted by Crippen LogP contribution is 2.37. The van der Waals surface area contributed by atoms with Crippen molar-refractivity contribution in [1.29, 1.82) is 0 Å². The molecule has 8 heteroatoms. The SMILES string of the molecule is C=CCCCCN(C/C(C)=C/C=C(\C)OC)C(=O)N1CCC[C@H]1C(=O)NC1(C(=O)OCC)CC1. The third-order valence-corrected chi connectivity index (χ3v) is 6.30. The summed E-state index contributed by atoms with van der Waals surface area (Å²) in [5.74, 6) is 0.132. The summed E-state index contributed by atoms with van der Waals surface area (Å²) >= 11 is 0. The molecule has 0 unspecified atom stereocenters. The molecule has 2 aliphatic rings. The number of urea groups is 1. The van der Waals surface area contributed by atoms with Crippen molar-refractivity contribution in [2.24, 2.45) is 0 Å². The lowest BCUT2D eigenvalue weighted by Gasteiger charge is -2.32. The molecular formula is C26H41N3O5. The standard InChI is InChI=1S/C26H41N3O5/c1-6-8-9-10-17-28(19-20(3)13-14-21(4)33-5)25(32)29-18-11-12-22(29)23(30)27-26(15-16-26)24(31)34-7-2/h6,13-14,22H,1,7-12,15-19H2,2-5H3,(H,27,30)/b20-13+,21-14+/t22-/m0/s1. The molecule has 1 N–H and O–H groups in total. The molecule has 3 amide bonds. The maximum atomic E-state index is 13.6. The number of carbonyl (C=O) groups is 3. The van der Waals surface area contributed by atoms with Crippen LogP contribution in [0.4, 0.5) is 4.79 Å². The lowest BCUT2D eigenvalue weighted by atomic mass is 10.1. The number of hydrogen-bond donors (Lipinski definition) is 1. The van der Waals surface area contributed by atoms with Crippen LogP contribution in [-0.4, -0.2) is 72.6 Å². The van der Waals surface area contributed by atoms with Gasteiger partial charge in [0.2, 0.25) is 5.91 Å². The second-order valence-electron chi connectivity index (χ2n) is 9.13. The minimum atomic E-state index is -0.917. The molecule has 34 heavy (non-hydrogen) atoms. The van der Waals surface area contributed by atoms with Crippen molar-refractivity contribution < 1.29 is 23.9 Å². The van der Waals surface area contributed by atoms with Gasteiger partial charge in [-0.3, -0.25) is 4.79 Å². The molecule has 0 spiro atoms. The number of likely N-dealkylation sites (tertiary alicyclic amines) is 1. The fourth-order valence-corrected chi connectivity index (χ4v) is 4.06. The van der Waals surface area contributed by atoms with E-state index in [1.807, 2.05) is 37.0 Å². The lowest BCUT2D eigenvalue weighted by Crippen LogP contribution is -2.55. The zero-order valence-corrected chi connectivity index (χ0v) is 21.2. The maximum absolute atomic E-state index is 13.6. The highest BCUT2D eigenvalue weighted by atomic mass is 16.5. The van der Waals surface area contributed by atoms with Crippen LogP contribution in [0.15, 0.2) is 36.1 Å². The minimum absolute atomic E-state index is 0.141. The first-order valence-corrected chi connectivity index (χ1v) is 12.3. The molecule has 1 aliphatic heterocycles. The number of rotatable bonds is 13. The average Bonchev–Trinajstić information content (AvgIpc) is 3.43. The maximum Gasteiger partial charge on any atom is 0.331 e. The van der Waals surface area contributed by atoms with Crippen LogP contribution in [0, 0.1) is 0 Å². The largest absolute Gasteiger partial charge is 0.501 e. The van der Waals surface area contributed by atoms with Crippen LogP contribution in [0.25, 0.3) is 0 Å². The molecule has 0 aromatic heterocycles. The van der Waals surface area contributed by atoms with Gasteiger partial charge in [-0.25, -0.2) is 9.59 Å². The third-order valence-electron chi connectivity index (χ3n) is 6.30. The van der Waals surface area contributed by atoms with Gasteiger partial charge in [0, 0.05) is 19.6 Å². The Bertz CT molecular complexity index is 800. The number of methoxy groups -OCH3 is 1. The van der Waals surface area contributed by atoms with Crippen LogP contribution < -0.4 is 5.32 Å². The van der Waals surface area contributed by atoms with Gasteiger partial charge in [0.25, 0.3) is 0 Å². The van der Waals surface area contributed by atoms with Crippen molar-refractivity contribution in [3.8, 4) is 0 Å². The molecule has 1 saturated carbocycles. The van der Waals surface area contributed by atoms with Crippen molar-refractivity contribution in [1.82, 2.24) is 15.1 Å². The summed E-state index contributed by atoms with van der Waals surface area (Å²) in [7, 11) is 1.62. The molecule has 0 bridgehead atoms. The Kier molecular flexibility index (Phi) is 10.7. The zero-order valence-electron chi connectivity index (χ0n) is 21.2. The monoisotopic (exact) mass is 475 g/mol. The van der Waals surface area contributed by atoms with E-state index in [-0.39, 0.29) is 24.5 Å². The summed E-state index contributed by atoms with van der Waals surface area (Å²) in [6.45, 7) is 11.2. The summed E-state index contributed by atoms with van der Waals surface area (Å²) in [4.78, 5) is 42.4. The normalized spacial score (nSPS) is 19.4. The van der Waals surface area contributed by atoms with E-state index in [0.717, 1.165) is 37.0 Å². The van der Waals surface area contributed by atoms with Crippen LogP contribution in [0.2, 0.25) is 0 Å². The van der Waals surface area contributed by atoms with E-state index in [0.29, 0.717) is 38.9 Å². The second kappa shape index (κ2) is 13.2. The van der Waals surface area contributed by atoms with Gasteiger partial charge in [0.15, 0.2) is 0 Å². The van der Waals surface area contributed by atoms with E-state index in [1.54, 1.807) is 18.9 Å². The number of amides is 3. The van der Waals surface area contributed by atoms with Crippen LogP contribution >= 0.6 is 0 Å². The van der Waals surface area contributed by atoms with Crippen molar-refractivity contribution in [3.05, 3.63) is 36.1 Å². The van der Waals surface area contributed by atoms with Gasteiger partial charge in [0.1, 0.15) is 11.6 Å². The van der Waals surface area contributed by atoms with Crippen LogP contribution in [0.1, 0.15) is 65.7 Å². The third kappa shape index (κ3) is 7.64. The quantitative estimate of drug-likeness (QED) is 0.143. The molecule has 2 rings (SSSR count). The van der Waals surface area contributed by atoms with E-state index in [1.165, 1.54) is 0 Å². The summed E-state index contributed by atoms with van der Waals surface area (Å²) in [5, 5.41) is 2.89. The molecule has 2 fully saturated rings. The molecule has 0 radical (unpaired) electrons. The van der Waals surface area contributed by atoms with Gasteiger partial charge < -0.3 is 24.6 Å². The number of esters is 1. The van der Waals surface area contributed by atoms with Gasteiger partial charge in [0.05, 0.1) is 19.5 Å². The number of nitrogens with one attached hydrogen (secondary N) is 1. The second-order valence-corrected chi connectivity index (χ2v) is 9.13. The van der Waals surface area contributed by atoms with E-state index in [4.69, 9.17) is 9.47 Å². The highest BCUT2D eigenvalue weighted by molar-refractivity contribution is 5.94. The Balaban J connectivity index is 2.10. The molecular weight excluding hydrogens is 434 g/mol.